The average molecular weight is 1030 g/mol. The Kier molecular flexibility index (Phi) is 17.3. The van der Waals surface area contributed by atoms with Crippen molar-refractivity contribution in [2.24, 2.45) is 22.7 Å². The number of benzene rings is 2. The number of alkyl halides is 1. The Bertz CT molecular complexity index is 2520. The molecule has 4 aliphatic carbocycles. The SMILES string of the molecule is C/C=C1\C=C[C@@]2(C)C(=C1)CC[C@H]1C3C[C@H]4O[C@@H](c5ccc(Cc6cccc(NC(=O)[C@H](C)NC(=O)[C@H](C)NC(=O)CCNC(=O)C(CC(=O)O)SC(C)CCCC)c6)cc5)O[C@@]4(C(=O)CO)[C@@]3(C)C[C@H](O)[C@@]12F. The summed E-state index contributed by atoms with van der Waals surface area (Å²) >= 11 is 1.30. The van der Waals surface area contributed by atoms with Gasteiger partial charge in [-0.1, -0.05) is 99.9 Å². The lowest BCUT2D eigenvalue weighted by atomic mass is 9.44. The van der Waals surface area contributed by atoms with E-state index in [1.165, 1.54) is 25.6 Å². The van der Waals surface area contributed by atoms with Crippen LogP contribution in [0.4, 0.5) is 10.1 Å². The van der Waals surface area contributed by atoms with Crippen LogP contribution in [0.2, 0.25) is 0 Å². The first kappa shape index (κ1) is 55.5. The fourth-order valence-electron chi connectivity index (χ4n) is 12.4. The molecule has 73 heavy (non-hydrogen) atoms. The van der Waals surface area contributed by atoms with Crippen LogP contribution < -0.4 is 21.3 Å². The number of allylic oxidation sites excluding steroid dienone is 6. The number of ether oxygens (including phenoxy) is 2. The number of amides is 4. The molecular formula is C56H73FN4O11S. The van der Waals surface area contributed by atoms with E-state index in [1.54, 1.807) is 12.1 Å². The third kappa shape index (κ3) is 11.0. The number of aliphatic hydroxyl groups is 2. The standard InChI is InChI=1S/C56H73FN4O11S/c1-8-10-12-32(3)73-43(29-48(66)67)51(70)58-24-22-47(65)59-33(4)49(68)60-34(5)50(69)61-40-14-11-13-37(27-40)25-36-15-17-38(18-16-36)52-71-46-28-42-41-20-19-39-26-35(9-2)21-23-53(39,6)55(41,57)44(63)30-54(42,7)56(46,72-52)45(64)31-62/h9,11,13-18,21,23,26-27,32-34,41-44,46,52,62-63H,8,10,12,19-20,22,24-25,28-31H2,1-7H3,(H,58,70)(H,59,65)(H,60,68)(H,61,69)(H,66,67)/b35-9+/t32?,33-,34-,41-,42?,43?,44-,46+,52+,53-,54-,55-,56+/m0/s1. The highest BCUT2D eigenvalue weighted by Gasteiger charge is 2.79. The van der Waals surface area contributed by atoms with Gasteiger partial charge in [-0.25, -0.2) is 4.39 Å². The molecule has 2 aromatic rings. The second kappa shape index (κ2) is 22.7. The quantitative estimate of drug-likeness (QED) is 0.0674. The smallest absolute Gasteiger partial charge is 0.305 e. The molecule has 5 aliphatic rings. The van der Waals surface area contributed by atoms with Crippen LogP contribution in [0.25, 0.3) is 0 Å². The number of aliphatic carboxylic acids is 1. The number of ketones is 1. The van der Waals surface area contributed by atoms with Crippen LogP contribution in [0.3, 0.4) is 0 Å². The van der Waals surface area contributed by atoms with Crippen molar-refractivity contribution in [1.82, 2.24) is 16.0 Å². The molecule has 7 N–H and O–H groups in total. The molecule has 0 aromatic heterocycles. The van der Waals surface area contributed by atoms with Crippen LogP contribution in [-0.2, 0) is 44.7 Å². The topological polar surface area (TPSA) is 230 Å². The van der Waals surface area contributed by atoms with Gasteiger partial charge in [0.2, 0.25) is 23.6 Å². The Morgan fingerprint density at radius 2 is 1.68 bits per heavy atom. The van der Waals surface area contributed by atoms with Gasteiger partial charge in [0.1, 0.15) is 18.7 Å². The molecule has 396 valence electrons. The number of fused-ring (bicyclic) bond motifs is 7. The monoisotopic (exact) mass is 1030 g/mol. The number of thioether (sulfide) groups is 1. The summed E-state index contributed by atoms with van der Waals surface area (Å²) in [5, 5.41) is 41.7. The van der Waals surface area contributed by atoms with Crippen molar-refractivity contribution in [1.29, 1.82) is 0 Å². The van der Waals surface area contributed by atoms with Crippen LogP contribution >= 0.6 is 11.8 Å². The van der Waals surface area contributed by atoms with Gasteiger partial charge >= 0.3 is 5.97 Å². The first-order valence-electron chi connectivity index (χ1n) is 25.8. The molecule has 13 atom stereocenters. The molecule has 1 heterocycles. The summed E-state index contributed by atoms with van der Waals surface area (Å²) < 4.78 is 31.3. The number of carboxylic acid groups (broad SMARTS) is 1. The van der Waals surface area contributed by atoms with E-state index >= 15 is 4.39 Å². The van der Waals surface area contributed by atoms with Gasteiger partial charge in [-0.15, -0.1) is 11.8 Å². The van der Waals surface area contributed by atoms with E-state index in [0.29, 0.717) is 36.9 Å². The minimum atomic E-state index is -1.98. The van der Waals surface area contributed by atoms with Crippen molar-refractivity contribution >= 4 is 52.8 Å². The van der Waals surface area contributed by atoms with Crippen molar-refractivity contribution in [2.75, 3.05) is 18.5 Å². The van der Waals surface area contributed by atoms with E-state index in [2.05, 4.69) is 28.2 Å². The highest BCUT2D eigenvalue weighted by Crippen LogP contribution is 2.72. The minimum Gasteiger partial charge on any atom is -0.481 e. The largest absolute Gasteiger partial charge is 0.481 e. The summed E-state index contributed by atoms with van der Waals surface area (Å²) in [4.78, 5) is 77.1. The molecule has 4 fully saturated rings. The zero-order valence-electron chi connectivity index (χ0n) is 43.0. The van der Waals surface area contributed by atoms with E-state index in [9.17, 15) is 44.1 Å². The first-order valence-corrected chi connectivity index (χ1v) is 26.7. The summed E-state index contributed by atoms with van der Waals surface area (Å²) in [5.41, 5.74) is -0.686. The number of hydrogen-bond acceptors (Lipinski definition) is 11. The number of carboxylic acids is 1. The number of halogens is 1. The van der Waals surface area contributed by atoms with Crippen LogP contribution in [0, 0.1) is 22.7 Å². The van der Waals surface area contributed by atoms with Gasteiger partial charge in [-0.3, -0.25) is 28.8 Å². The van der Waals surface area contributed by atoms with Gasteiger partial charge in [0.05, 0.1) is 23.9 Å². The van der Waals surface area contributed by atoms with Gasteiger partial charge in [0, 0.05) is 46.2 Å². The maximum atomic E-state index is 18.0. The number of rotatable bonds is 21. The molecular weight excluding hydrogens is 956 g/mol. The van der Waals surface area contributed by atoms with Gasteiger partial charge in [-0.2, -0.15) is 0 Å². The fourth-order valence-corrected chi connectivity index (χ4v) is 13.7. The molecule has 1 aliphatic heterocycles. The van der Waals surface area contributed by atoms with Crippen LogP contribution in [-0.4, -0.2) is 110 Å². The number of carbonyl (C=O) groups is 6. The molecule has 1 saturated heterocycles. The minimum absolute atomic E-state index is 0.0362. The van der Waals surface area contributed by atoms with Crippen molar-refractivity contribution < 1.29 is 58.0 Å². The lowest BCUT2D eigenvalue weighted by Gasteiger charge is -2.62. The number of unbranched alkanes of at least 4 members (excludes halogenated alkanes) is 1. The van der Waals surface area contributed by atoms with Gasteiger partial charge in [-0.05, 0) is 101 Å². The summed E-state index contributed by atoms with van der Waals surface area (Å²) in [5.74, 6) is -4.60. The molecule has 0 spiro atoms. The maximum absolute atomic E-state index is 18.0. The van der Waals surface area contributed by atoms with Gasteiger partial charge < -0.3 is 46.1 Å². The Labute approximate surface area is 432 Å². The Morgan fingerprint density at radius 1 is 0.959 bits per heavy atom. The highest BCUT2D eigenvalue weighted by molar-refractivity contribution is 8.01. The van der Waals surface area contributed by atoms with Gasteiger partial charge in [0.25, 0.3) is 0 Å². The molecule has 0 radical (unpaired) electrons. The number of anilines is 1. The number of Topliss-reactive ketones (excluding diaryl/α,β-unsaturated/α-hetero) is 1. The first-order chi connectivity index (χ1) is 34.6. The Balaban J connectivity index is 0.907. The summed E-state index contributed by atoms with van der Waals surface area (Å²) in [6.07, 6.45) is 9.03. The van der Waals surface area contributed by atoms with Crippen molar-refractivity contribution in [3.05, 3.63) is 101 Å². The zero-order chi connectivity index (χ0) is 53.0. The number of nitrogens with one attached hydrogen (secondary N) is 4. The molecule has 17 heteroatoms. The van der Waals surface area contributed by atoms with Crippen LogP contribution in [0.5, 0.6) is 0 Å². The number of hydrogen-bond donors (Lipinski definition) is 7. The average Bonchev–Trinajstić information content (AvgIpc) is 3.85. The Hall–Kier alpha value is -5.20. The predicted octanol–water partition coefficient (Wildman–Crippen LogP) is 6.96. The Morgan fingerprint density at radius 3 is 2.37 bits per heavy atom. The number of carbonyl (C=O) groups excluding carboxylic acids is 5. The molecule has 3 unspecified atom stereocenters. The van der Waals surface area contributed by atoms with Crippen molar-refractivity contribution in [3.8, 4) is 0 Å². The zero-order valence-corrected chi connectivity index (χ0v) is 43.8. The van der Waals surface area contributed by atoms with Gasteiger partial charge in [0.15, 0.2) is 23.3 Å². The molecule has 3 saturated carbocycles. The van der Waals surface area contributed by atoms with E-state index in [4.69, 9.17) is 9.47 Å². The second-order valence-electron chi connectivity index (χ2n) is 21.1. The molecule has 15 nitrogen and oxygen atoms in total. The van der Waals surface area contributed by atoms with E-state index in [0.717, 1.165) is 41.5 Å². The lowest BCUT2D eigenvalue weighted by molar-refractivity contribution is -0.231. The third-order valence-corrected chi connectivity index (χ3v) is 17.8. The van der Waals surface area contributed by atoms with Crippen LogP contribution in [0.1, 0.15) is 129 Å². The third-order valence-electron chi connectivity index (χ3n) is 16.4. The molecule has 2 aromatic carbocycles. The molecule has 0 bridgehead atoms. The second-order valence-corrected chi connectivity index (χ2v) is 22.8. The van der Waals surface area contributed by atoms with Crippen molar-refractivity contribution in [3.63, 3.8) is 0 Å². The molecule has 4 amide bonds. The summed E-state index contributed by atoms with van der Waals surface area (Å²) in [6.45, 7) is 11.9. The normalized spacial score (nSPS) is 31.1. The van der Waals surface area contributed by atoms with Crippen molar-refractivity contribution in [2.45, 2.75) is 165 Å². The maximum Gasteiger partial charge on any atom is 0.305 e. The van der Waals surface area contributed by atoms with E-state index < -0.39 is 106 Å². The van der Waals surface area contributed by atoms with E-state index in [1.807, 2.05) is 88.4 Å². The fraction of sp³-hybridized carbons (Fsp3) is 0.571. The number of aliphatic hydroxyl groups excluding tert-OH is 2. The van der Waals surface area contributed by atoms with E-state index in [-0.39, 0.29) is 37.0 Å². The summed E-state index contributed by atoms with van der Waals surface area (Å²) in [6, 6.07) is 12.9. The summed E-state index contributed by atoms with van der Waals surface area (Å²) in [7, 11) is 0. The lowest BCUT2D eigenvalue weighted by Crippen LogP contribution is -2.69. The predicted molar refractivity (Wildman–Crippen MR) is 276 cm³/mol. The van der Waals surface area contributed by atoms with Crippen LogP contribution in [0.15, 0.2) is 84.0 Å². The molecule has 7 rings (SSSR count). The highest BCUT2D eigenvalue weighted by atomic mass is 32.2.